The molecule has 0 aromatic rings. The van der Waals surface area contributed by atoms with Crippen LogP contribution in [0.1, 0.15) is 27.7 Å². The van der Waals surface area contributed by atoms with E-state index >= 15 is 0 Å². The summed E-state index contributed by atoms with van der Waals surface area (Å²) < 4.78 is 0. The van der Waals surface area contributed by atoms with E-state index in [0.29, 0.717) is 0 Å². The third kappa shape index (κ3) is 2600. The largest absolute Gasteiger partial charge is 2.00 e. The first-order valence-electron chi connectivity index (χ1n) is 3.63. The van der Waals surface area contributed by atoms with Crippen molar-refractivity contribution in [3.05, 3.63) is 0 Å². The smallest absolute Gasteiger partial charge is 0.550 e. The van der Waals surface area contributed by atoms with Crippen LogP contribution in [0.15, 0.2) is 0 Å². The SMILES string of the molecule is CC(=O)[O-].CC(=O)[O-].CC(=O)[O-].CC(=O)[O-].[Ge].[Mn+2]. The molecule has 0 aromatic heterocycles. The maximum absolute atomic E-state index is 8.89. The molecular weight excluding hydrogens is 352 g/mol. The number of aliphatic carboxylic acids is 4. The van der Waals surface area contributed by atoms with E-state index in [-0.39, 0.29) is 34.7 Å². The molecule has 0 N–H and O–H groups in total. The van der Waals surface area contributed by atoms with E-state index in [2.05, 4.69) is 0 Å². The standard InChI is InChI=1S/4C2H4O2.Ge.Mn/c4*1-2(3)4;;/h4*1H3,(H,3,4);;/q;;;;;+2/p-4. The van der Waals surface area contributed by atoms with Crippen LogP contribution in [0.4, 0.5) is 0 Å². The Morgan fingerprint density at radius 3 is 0.556 bits per heavy atom. The summed E-state index contributed by atoms with van der Waals surface area (Å²) in [6.45, 7) is 3.89. The van der Waals surface area contributed by atoms with Gasteiger partial charge in [-0.3, -0.25) is 0 Å². The Hall–Kier alpha value is -1.06. The minimum absolute atomic E-state index is 0. The van der Waals surface area contributed by atoms with Gasteiger partial charge in [0.05, 0.1) is 0 Å². The molecule has 0 aliphatic rings. The molecule has 5 radical (unpaired) electrons. The molecule has 10 heteroatoms. The van der Waals surface area contributed by atoms with Crippen molar-refractivity contribution < 1.29 is 56.7 Å². The van der Waals surface area contributed by atoms with E-state index < -0.39 is 23.9 Å². The zero-order valence-corrected chi connectivity index (χ0v) is 13.4. The van der Waals surface area contributed by atoms with Gasteiger partial charge < -0.3 is 39.6 Å². The molecule has 8 nitrogen and oxygen atoms in total. The Bertz CT molecular complexity index is 167. The summed E-state index contributed by atoms with van der Waals surface area (Å²) in [7, 11) is 0. The summed E-state index contributed by atoms with van der Waals surface area (Å²) >= 11 is 0. The topological polar surface area (TPSA) is 161 Å². The molecule has 0 amide bonds. The van der Waals surface area contributed by atoms with Crippen molar-refractivity contribution in [2.75, 3.05) is 0 Å². The van der Waals surface area contributed by atoms with Gasteiger partial charge in [0.1, 0.15) is 0 Å². The van der Waals surface area contributed by atoms with Crippen LogP contribution in [-0.4, -0.2) is 41.5 Å². The molecule has 0 spiro atoms. The summed E-state index contributed by atoms with van der Waals surface area (Å²) in [6, 6.07) is 0. The van der Waals surface area contributed by atoms with E-state index in [9.17, 15) is 0 Å². The average Bonchev–Trinajstić information content (AvgIpc) is 1.76. The molecule has 0 unspecified atom stereocenters. The van der Waals surface area contributed by atoms with Crippen LogP contribution in [0.2, 0.25) is 0 Å². The Morgan fingerprint density at radius 1 is 0.556 bits per heavy atom. The van der Waals surface area contributed by atoms with Crippen molar-refractivity contribution in [2.45, 2.75) is 27.7 Å². The Morgan fingerprint density at radius 2 is 0.556 bits per heavy atom. The van der Waals surface area contributed by atoms with Gasteiger partial charge in [0, 0.05) is 41.5 Å². The molecule has 18 heavy (non-hydrogen) atoms. The number of hydrogen-bond donors (Lipinski definition) is 0. The van der Waals surface area contributed by atoms with E-state index in [4.69, 9.17) is 39.6 Å². The normalized spacial score (nSPS) is 5.56. The molecule has 0 aliphatic carbocycles. The molecule has 0 fully saturated rings. The van der Waals surface area contributed by atoms with Gasteiger partial charge in [0.2, 0.25) is 0 Å². The van der Waals surface area contributed by atoms with Gasteiger partial charge in [0.25, 0.3) is 0 Å². The van der Waals surface area contributed by atoms with E-state index in [0.717, 1.165) is 27.7 Å². The monoisotopic (exact) mass is 365 g/mol. The number of carbonyl (C=O) groups excluding carboxylic acids is 4. The fourth-order valence-electron chi connectivity index (χ4n) is 0. The van der Waals surface area contributed by atoms with Crippen molar-refractivity contribution in [2.24, 2.45) is 0 Å². The number of carboxylic acids is 4. The van der Waals surface area contributed by atoms with Crippen LogP contribution >= 0.6 is 0 Å². The molecule has 0 aromatic carbocycles. The fraction of sp³-hybridized carbons (Fsp3) is 0.500. The van der Waals surface area contributed by atoms with Crippen LogP contribution in [0, 0.1) is 0 Å². The second-order valence-corrected chi connectivity index (χ2v) is 1.97. The molecule has 0 rings (SSSR count). The third-order valence-corrected chi connectivity index (χ3v) is 0. The molecular formula is C8H12GeMnO8-2. The number of carbonyl (C=O) groups is 4. The van der Waals surface area contributed by atoms with Crippen LogP contribution in [0.25, 0.3) is 0 Å². The predicted molar refractivity (Wildman–Crippen MR) is 48.5 cm³/mol. The quantitative estimate of drug-likeness (QED) is 0.385. The zero-order valence-electron chi connectivity index (χ0n) is 10.1. The molecule has 0 saturated heterocycles. The number of carboxylic acid groups (broad SMARTS) is 4. The van der Waals surface area contributed by atoms with Gasteiger partial charge >= 0.3 is 17.1 Å². The van der Waals surface area contributed by atoms with Gasteiger partial charge in [-0.1, -0.05) is 0 Å². The minimum Gasteiger partial charge on any atom is -0.550 e. The summed E-state index contributed by atoms with van der Waals surface area (Å²) in [6.07, 6.45) is 0. The first-order valence-corrected chi connectivity index (χ1v) is 3.63. The van der Waals surface area contributed by atoms with Crippen LogP contribution in [-0.2, 0) is 36.2 Å². The molecule has 0 bridgehead atoms. The second kappa shape index (κ2) is 29.7. The van der Waals surface area contributed by atoms with Gasteiger partial charge in [-0.25, -0.2) is 0 Å². The number of hydrogen-bond acceptors (Lipinski definition) is 8. The molecule has 0 atom stereocenters. The maximum Gasteiger partial charge on any atom is 2.00 e. The zero-order chi connectivity index (χ0) is 14.3. The Labute approximate surface area is 126 Å². The number of rotatable bonds is 0. The van der Waals surface area contributed by atoms with Gasteiger partial charge in [-0.2, -0.15) is 0 Å². The van der Waals surface area contributed by atoms with Crippen LogP contribution in [0.5, 0.6) is 0 Å². The first-order chi connectivity index (χ1) is 6.93. The molecule has 0 aliphatic heterocycles. The molecule has 105 valence electrons. The summed E-state index contributed by atoms with van der Waals surface area (Å²) in [5.41, 5.74) is 0. The molecule has 0 heterocycles. The average molecular weight is 364 g/mol. The second-order valence-electron chi connectivity index (χ2n) is 1.97. The van der Waals surface area contributed by atoms with Crippen LogP contribution < -0.4 is 20.4 Å². The van der Waals surface area contributed by atoms with Crippen molar-refractivity contribution in [3.8, 4) is 0 Å². The van der Waals surface area contributed by atoms with Crippen molar-refractivity contribution in [3.63, 3.8) is 0 Å². The van der Waals surface area contributed by atoms with E-state index in [1.807, 2.05) is 0 Å². The molecule has 0 saturated carbocycles. The van der Waals surface area contributed by atoms with Gasteiger partial charge in [0.15, 0.2) is 0 Å². The maximum atomic E-state index is 8.89. The van der Waals surface area contributed by atoms with Crippen molar-refractivity contribution >= 4 is 41.5 Å². The summed E-state index contributed by atoms with van der Waals surface area (Å²) in [5, 5.41) is 35.6. The fourth-order valence-corrected chi connectivity index (χ4v) is 0. The summed E-state index contributed by atoms with van der Waals surface area (Å²) in [5.74, 6) is -4.33. The van der Waals surface area contributed by atoms with E-state index in [1.54, 1.807) is 0 Å². The Kier molecular flexibility index (Phi) is 59.4. The van der Waals surface area contributed by atoms with Crippen molar-refractivity contribution in [1.29, 1.82) is 0 Å². The van der Waals surface area contributed by atoms with Crippen molar-refractivity contribution in [1.82, 2.24) is 0 Å². The van der Waals surface area contributed by atoms with Gasteiger partial charge in [-0.05, 0) is 27.7 Å². The van der Waals surface area contributed by atoms with Gasteiger partial charge in [-0.15, -0.1) is 0 Å². The third-order valence-electron chi connectivity index (χ3n) is 0. The van der Waals surface area contributed by atoms with Crippen LogP contribution in [0.3, 0.4) is 0 Å². The Balaban J connectivity index is -0.0000000257. The predicted octanol–water partition coefficient (Wildman–Crippen LogP) is -5.36. The summed E-state index contributed by atoms with van der Waals surface area (Å²) in [4.78, 5) is 35.6. The van der Waals surface area contributed by atoms with E-state index in [1.165, 1.54) is 0 Å². The minimum atomic E-state index is -1.08. The first kappa shape index (κ1) is 36.0.